The van der Waals surface area contributed by atoms with Crippen molar-refractivity contribution >= 4 is 17.6 Å². The number of thiazole rings is 1. The maximum Gasteiger partial charge on any atom is 0.260 e. The van der Waals surface area contributed by atoms with Crippen molar-refractivity contribution in [2.75, 3.05) is 7.05 Å². The van der Waals surface area contributed by atoms with Gasteiger partial charge in [0.2, 0.25) is 12.2 Å². The highest BCUT2D eigenvalue weighted by atomic mass is 32.1. The molecular weight excluding hydrogens is 418 g/mol. The number of hydrogen-bond donors (Lipinski definition) is 1. The third kappa shape index (κ3) is 6.17. The molecule has 10 heteroatoms. The predicted molar refractivity (Wildman–Crippen MR) is 116 cm³/mol. The van der Waals surface area contributed by atoms with Crippen LogP contribution in [0.25, 0.3) is 5.13 Å². The molecule has 1 aromatic carbocycles. The molecule has 0 radical (unpaired) electrons. The van der Waals surface area contributed by atoms with Crippen molar-refractivity contribution < 1.29 is 14.1 Å². The van der Waals surface area contributed by atoms with Gasteiger partial charge in [-0.1, -0.05) is 46.8 Å². The van der Waals surface area contributed by atoms with Crippen molar-refractivity contribution in [1.82, 2.24) is 25.0 Å². The summed E-state index contributed by atoms with van der Waals surface area (Å²) in [5, 5.41) is 7.13. The largest absolute Gasteiger partial charge is 0.485 e. The predicted octanol–water partition coefficient (Wildman–Crippen LogP) is 2.78. The Balaban J connectivity index is 0.000000254. The summed E-state index contributed by atoms with van der Waals surface area (Å²) in [6, 6.07) is 13.3. The number of hydrogen-bond acceptors (Lipinski definition) is 9. The Morgan fingerprint density at radius 3 is 2.68 bits per heavy atom. The number of carbonyl (C=O) groups excluding carboxylic acids is 1. The summed E-state index contributed by atoms with van der Waals surface area (Å²) in [5.41, 5.74) is 1.62. The van der Waals surface area contributed by atoms with Crippen LogP contribution in [-0.2, 0) is 13.2 Å². The molecule has 0 amide bonds. The Morgan fingerprint density at radius 1 is 1.26 bits per heavy atom. The van der Waals surface area contributed by atoms with Gasteiger partial charge in [0, 0.05) is 18.8 Å². The lowest BCUT2D eigenvalue weighted by Gasteiger charge is -2.05. The fourth-order valence-electron chi connectivity index (χ4n) is 2.52. The van der Waals surface area contributed by atoms with Gasteiger partial charge in [-0.25, -0.2) is 4.98 Å². The van der Waals surface area contributed by atoms with Gasteiger partial charge >= 0.3 is 0 Å². The minimum Gasteiger partial charge on any atom is -0.485 e. The zero-order valence-electron chi connectivity index (χ0n) is 17.0. The Hall–Kier alpha value is -3.63. The van der Waals surface area contributed by atoms with Crippen LogP contribution in [0.5, 0.6) is 5.75 Å². The molecule has 0 aliphatic heterocycles. The van der Waals surface area contributed by atoms with Crippen molar-refractivity contribution in [3.63, 3.8) is 0 Å². The lowest BCUT2D eigenvalue weighted by atomic mass is 10.2. The fourth-order valence-corrected chi connectivity index (χ4v) is 3.39. The van der Waals surface area contributed by atoms with Gasteiger partial charge < -0.3 is 14.6 Å². The zero-order chi connectivity index (χ0) is 22.1. The van der Waals surface area contributed by atoms with E-state index >= 15 is 0 Å². The molecule has 3 heterocycles. The number of aryl methyl sites for hydroxylation is 1. The van der Waals surface area contributed by atoms with Gasteiger partial charge in [-0.05, 0) is 25.6 Å². The van der Waals surface area contributed by atoms with Crippen molar-refractivity contribution in [2.24, 2.45) is 0 Å². The molecule has 4 aromatic rings. The van der Waals surface area contributed by atoms with Gasteiger partial charge in [-0.3, -0.25) is 14.2 Å². The highest BCUT2D eigenvalue weighted by molar-refractivity contribution is 7.15. The summed E-state index contributed by atoms with van der Waals surface area (Å²) < 4.78 is 11.3. The van der Waals surface area contributed by atoms with E-state index in [2.05, 4.69) is 37.1 Å². The first-order chi connectivity index (χ1) is 15.1. The lowest BCUT2D eigenvalue weighted by Crippen LogP contribution is -2.16. The third-order valence-electron chi connectivity index (χ3n) is 4.02. The Labute approximate surface area is 182 Å². The number of pyridine rings is 1. The van der Waals surface area contributed by atoms with Gasteiger partial charge in [0.1, 0.15) is 5.75 Å². The van der Waals surface area contributed by atoms with Gasteiger partial charge in [-0.2, -0.15) is 4.98 Å². The number of nitrogens with one attached hydrogen (secondary N) is 1. The second kappa shape index (κ2) is 11.0. The number of rotatable bonds is 7. The summed E-state index contributed by atoms with van der Waals surface area (Å²) in [4.78, 5) is 31.5. The smallest absolute Gasteiger partial charge is 0.260 e. The second-order valence-electron chi connectivity index (χ2n) is 6.29. The first-order valence-corrected chi connectivity index (χ1v) is 10.1. The molecule has 0 aliphatic carbocycles. The quantitative estimate of drug-likeness (QED) is 0.438. The summed E-state index contributed by atoms with van der Waals surface area (Å²) in [6.45, 7) is 2.78. The van der Waals surface area contributed by atoms with E-state index in [0.717, 1.165) is 24.2 Å². The van der Waals surface area contributed by atoms with Gasteiger partial charge in [0.15, 0.2) is 18.0 Å². The maximum absolute atomic E-state index is 12.1. The molecule has 0 aliphatic rings. The summed E-state index contributed by atoms with van der Waals surface area (Å²) in [7, 11) is 1.95. The van der Waals surface area contributed by atoms with Crippen molar-refractivity contribution in [1.29, 1.82) is 0 Å². The van der Waals surface area contributed by atoms with E-state index in [4.69, 9.17) is 4.74 Å². The minimum atomic E-state index is -0.309. The lowest BCUT2D eigenvalue weighted by molar-refractivity contribution is 0.112. The molecular formula is C21H21N5O4S. The fraction of sp³-hybridized carbons (Fsp3) is 0.190. The Morgan fingerprint density at radius 2 is 2.06 bits per heavy atom. The van der Waals surface area contributed by atoms with E-state index in [1.165, 1.54) is 22.6 Å². The van der Waals surface area contributed by atoms with Crippen LogP contribution in [0.4, 0.5) is 0 Å². The molecule has 0 atom stereocenters. The van der Waals surface area contributed by atoms with Crippen molar-refractivity contribution in [2.45, 2.75) is 20.1 Å². The summed E-state index contributed by atoms with van der Waals surface area (Å²) in [5.74, 6) is 0.769. The van der Waals surface area contributed by atoms with Crippen molar-refractivity contribution in [3.8, 4) is 10.9 Å². The Bertz CT molecular complexity index is 1160. The van der Waals surface area contributed by atoms with E-state index in [1.54, 1.807) is 19.2 Å². The van der Waals surface area contributed by atoms with Crippen LogP contribution in [0.15, 0.2) is 64.4 Å². The van der Waals surface area contributed by atoms with Crippen LogP contribution in [0.2, 0.25) is 0 Å². The van der Waals surface area contributed by atoms with E-state index in [1.807, 2.05) is 25.2 Å². The monoisotopic (exact) mass is 439 g/mol. The molecule has 4 rings (SSSR count). The number of nitrogens with zero attached hydrogens (tertiary/aromatic N) is 4. The molecule has 160 valence electrons. The van der Waals surface area contributed by atoms with Gasteiger partial charge in [0.05, 0.1) is 10.6 Å². The molecule has 9 nitrogen and oxygen atoms in total. The summed E-state index contributed by atoms with van der Waals surface area (Å²) >= 11 is 1.15. The molecule has 0 saturated heterocycles. The third-order valence-corrected chi connectivity index (χ3v) is 5.11. The maximum atomic E-state index is 12.1. The highest BCUT2D eigenvalue weighted by Gasteiger charge is 2.10. The van der Waals surface area contributed by atoms with E-state index < -0.39 is 0 Å². The van der Waals surface area contributed by atoms with Gasteiger partial charge in [-0.15, -0.1) is 0 Å². The molecule has 0 bridgehead atoms. The van der Waals surface area contributed by atoms with E-state index in [9.17, 15) is 9.59 Å². The van der Waals surface area contributed by atoms with Crippen molar-refractivity contribution in [3.05, 3.63) is 87.4 Å². The van der Waals surface area contributed by atoms with Crippen LogP contribution in [0.1, 0.15) is 26.8 Å². The zero-order valence-corrected chi connectivity index (χ0v) is 17.8. The minimum absolute atomic E-state index is 0.103. The molecule has 0 fully saturated rings. The van der Waals surface area contributed by atoms with Crippen LogP contribution < -0.4 is 15.6 Å². The molecule has 0 saturated carbocycles. The molecule has 1 N–H and O–H groups in total. The topological polar surface area (TPSA) is 112 Å². The van der Waals surface area contributed by atoms with E-state index in [-0.39, 0.29) is 12.2 Å². The van der Waals surface area contributed by atoms with Gasteiger partial charge in [0.25, 0.3) is 5.56 Å². The highest BCUT2D eigenvalue weighted by Crippen LogP contribution is 2.19. The molecule has 3 aromatic heterocycles. The first-order valence-electron chi connectivity index (χ1n) is 9.33. The average Bonchev–Trinajstić information content (AvgIpc) is 3.43. The van der Waals surface area contributed by atoms with Crippen LogP contribution in [-0.4, -0.2) is 33.0 Å². The molecule has 31 heavy (non-hydrogen) atoms. The van der Waals surface area contributed by atoms with Crippen LogP contribution in [0, 0.1) is 6.92 Å². The van der Waals surface area contributed by atoms with Crippen LogP contribution in [0.3, 0.4) is 0 Å². The molecule has 0 spiro atoms. The number of aromatic nitrogens is 4. The first kappa shape index (κ1) is 22.1. The normalized spacial score (nSPS) is 10.3. The van der Waals surface area contributed by atoms with E-state index in [0.29, 0.717) is 27.3 Å². The number of benzene rings is 1. The number of ether oxygens (including phenoxy) is 1. The Kier molecular flexibility index (Phi) is 7.79. The second-order valence-corrected chi connectivity index (χ2v) is 7.30. The number of aldehydes is 1. The summed E-state index contributed by atoms with van der Waals surface area (Å²) in [6.07, 6.45) is 3.47. The number of carbonyl (C=O) groups is 1. The van der Waals surface area contributed by atoms with Crippen LogP contribution >= 0.6 is 11.3 Å². The average molecular weight is 439 g/mol. The standard InChI is InChI=1S/C13H10N4O4S.C8H11N/c1-8-10(5-18)22-13(15-8)17-3-2-9(4-12(17)19)20-6-11-14-7-21-16-11;1-9-7-8-5-3-2-4-6-8/h2-5,7H,6H2,1H3;2-6,9H,7H2,1H3. The SMILES string of the molecule is CNCc1ccccc1.Cc1nc(-n2ccc(OCc3ncon3)cc2=O)sc1C=O. The molecule has 0 unspecified atom stereocenters.